The number of aromatic nitrogens is 2. The van der Waals surface area contributed by atoms with Crippen molar-refractivity contribution in [1.82, 2.24) is 15.1 Å². The highest BCUT2D eigenvalue weighted by molar-refractivity contribution is 5.68. The lowest BCUT2D eigenvalue weighted by Crippen LogP contribution is -2.35. The number of halogens is 4. The lowest BCUT2D eigenvalue weighted by atomic mass is 10.00. The third-order valence-corrected chi connectivity index (χ3v) is 7.81. The molecular formula is C26H32F4N4O. The Morgan fingerprint density at radius 3 is 2.49 bits per heavy atom. The van der Waals surface area contributed by atoms with Crippen molar-refractivity contribution in [1.29, 1.82) is 0 Å². The topological polar surface area (TPSA) is 41.5 Å². The van der Waals surface area contributed by atoms with Gasteiger partial charge in [-0.3, -0.25) is 0 Å². The average molecular weight is 496 g/mol. The van der Waals surface area contributed by atoms with Gasteiger partial charge in [-0.05, 0) is 74.1 Å². The Balaban J connectivity index is 1.39. The van der Waals surface area contributed by atoms with Crippen LogP contribution in [0.2, 0.25) is 0 Å². The number of likely N-dealkylation sites (tertiary alicyclic amines) is 1. The summed E-state index contributed by atoms with van der Waals surface area (Å²) < 4.78 is 86.3. The molecule has 2 atom stereocenters. The first kappa shape index (κ1) is 20.9. The van der Waals surface area contributed by atoms with E-state index in [0.717, 1.165) is 68.8 Å². The van der Waals surface area contributed by atoms with E-state index in [1.807, 2.05) is 0 Å². The minimum absolute atomic E-state index is 0.0307. The summed E-state index contributed by atoms with van der Waals surface area (Å²) in [7, 11) is 0. The zero-order valence-electron chi connectivity index (χ0n) is 22.7. The molecule has 2 aliphatic heterocycles. The third-order valence-electron chi connectivity index (χ3n) is 7.81. The number of benzene rings is 1. The van der Waals surface area contributed by atoms with E-state index in [1.165, 1.54) is 6.07 Å². The monoisotopic (exact) mass is 495 g/mol. The summed E-state index contributed by atoms with van der Waals surface area (Å²) in [4.78, 5) is 3.48. The van der Waals surface area contributed by atoms with Crippen LogP contribution in [-0.4, -0.2) is 61.0 Å². The molecule has 1 aromatic heterocycles. The summed E-state index contributed by atoms with van der Waals surface area (Å²) in [6.07, 6.45) is -1.60. The molecule has 35 heavy (non-hydrogen) atoms. The normalized spacial score (nSPS) is 27.3. The molecule has 190 valence electrons. The van der Waals surface area contributed by atoms with Crippen molar-refractivity contribution in [2.75, 3.05) is 44.7 Å². The van der Waals surface area contributed by atoms with E-state index in [1.54, 1.807) is 6.92 Å². The number of nitrogens with zero attached hydrogens (tertiary/aromatic N) is 4. The molecule has 1 aromatic carbocycles. The number of hydrogen-bond acceptors (Lipinski definition) is 5. The van der Waals surface area contributed by atoms with Gasteiger partial charge in [-0.25, -0.2) is 4.39 Å². The quantitative estimate of drug-likeness (QED) is 0.535. The molecule has 5 nitrogen and oxygen atoms in total. The Labute approximate surface area is 207 Å². The van der Waals surface area contributed by atoms with Gasteiger partial charge >= 0.3 is 6.18 Å². The molecule has 0 amide bonds. The molecule has 3 fully saturated rings. The zero-order valence-corrected chi connectivity index (χ0v) is 19.7. The molecule has 0 bridgehead atoms. The van der Waals surface area contributed by atoms with Crippen molar-refractivity contribution in [3.8, 4) is 11.3 Å². The Morgan fingerprint density at radius 2 is 1.83 bits per heavy atom. The lowest BCUT2D eigenvalue weighted by molar-refractivity contribution is -0.137. The fourth-order valence-electron chi connectivity index (χ4n) is 5.97. The van der Waals surface area contributed by atoms with E-state index in [0.29, 0.717) is 24.3 Å². The van der Waals surface area contributed by atoms with Crippen LogP contribution in [0.4, 0.5) is 23.4 Å². The first-order valence-electron chi connectivity index (χ1n) is 13.7. The second kappa shape index (κ2) is 9.65. The molecule has 1 saturated carbocycles. The highest BCUT2D eigenvalue weighted by Gasteiger charge is 2.43. The van der Waals surface area contributed by atoms with Gasteiger partial charge in [0.15, 0.2) is 5.82 Å². The first-order chi connectivity index (χ1) is 17.9. The van der Waals surface area contributed by atoms with Gasteiger partial charge in [-0.2, -0.15) is 13.2 Å². The van der Waals surface area contributed by atoms with E-state index in [2.05, 4.69) is 15.1 Å². The molecular weight excluding hydrogens is 460 g/mol. The van der Waals surface area contributed by atoms with Gasteiger partial charge in [0, 0.05) is 55.5 Å². The summed E-state index contributed by atoms with van der Waals surface area (Å²) >= 11 is 0. The summed E-state index contributed by atoms with van der Waals surface area (Å²) in [5.41, 5.74) is -1.28. The van der Waals surface area contributed by atoms with Gasteiger partial charge in [0.1, 0.15) is 11.5 Å². The van der Waals surface area contributed by atoms with Crippen molar-refractivity contribution in [2.24, 2.45) is 17.8 Å². The summed E-state index contributed by atoms with van der Waals surface area (Å²) in [5, 5.41) is 7.79. The standard InChI is InChI=1S/C26H32F4N4O/c1-16-3-4-20(27)11-22(16)25-23(26(28,29)30)12-24(31-32-25)33(2)21-9-18-14-34(15-19(18)10-21)13-17-5-7-35-8-6-17/h3-4,11-12,17-19,21H,5-10,13-15H2,1-2H3/i2D3. The molecule has 3 aliphatic rings. The van der Waals surface area contributed by atoms with Crippen molar-refractivity contribution in [3.05, 3.63) is 41.2 Å². The van der Waals surface area contributed by atoms with Crippen LogP contribution in [-0.2, 0) is 10.9 Å². The molecule has 2 unspecified atom stereocenters. The molecule has 9 heteroatoms. The van der Waals surface area contributed by atoms with E-state index >= 15 is 0 Å². The molecule has 1 aliphatic carbocycles. The van der Waals surface area contributed by atoms with Crippen LogP contribution in [0.3, 0.4) is 0 Å². The minimum atomic E-state index is -4.84. The molecule has 2 saturated heterocycles. The zero-order chi connectivity index (χ0) is 27.2. The number of anilines is 1. The average Bonchev–Trinajstić information content (AvgIpc) is 3.38. The van der Waals surface area contributed by atoms with Gasteiger partial charge in [-0.1, -0.05) is 6.07 Å². The highest BCUT2D eigenvalue weighted by Crippen LogP contribution is 2.43. The number of aryl methyl sites for hydroxylation is 1. The molecule has 0 radical (unpaired) electrons. The largest absolute Gasteiger partial charge is 0.418 e. The second-order valence-corrected chi connectivity index (χ2v) is 10.2. The van der Waals surface area contributed by atoms with Gasteiger partial charge < -0.3 is 14.5 Å². The lowest BCUT2D eigenvalue weighted by Gasteiger charge is -2.30. The van der Waals surface area contributed by atoms with Gasteiger partial charge in [0.25, 0.3) is 0 Å². The van der Waals surface area contributed by atoms with Crippen LogP contribution in [0.15, 0.2) is 24.3 Å². The molecule has 3 heterocycles. The maximum Gasteiger partial charge on any atom is 0.418 e. The Kier molecular flexibility index (Phi) is 5.76. The van der Waals surface area contributed by atoms with Gasteiger partial charge in [0.2, 0.25) is 0 Å². The SMILES string of the molecule is [2H]C([2H])([2H])N(c1cc(C(F)(F)F)c(-c2cc(F)ccc2C)nn1)C1CC2CN(CC3CCOCC3)CC2C1. The maximum atomic E-state index is 14.2. The smallest absolute Gasteiger partial charge is 0.381 e. The predicted octanol–water partition coefficient (Wildman–Crippen LogP) is 5.18. The van der Waals surface area contributed by atoms with Crippen LogP contribution in [0.5, 0.6) is 0 Å². The van der Waals surface area contributed by atoms with Crippen molar-refractivity contribution in [3.63, 3.8) is 0 Å². The van der Waals surface area contributed by atoms with Crippen LogP contribution in [0.1, 0.15) is 40.9 Å². The Morgan fingerprint density at radius 1 is 1.11 bits per heavy atom. The molecule has 0 spiro atoms. The van der Waals surface area contributed by atoms with Crippen molar-refractivity contribution in [2.45, 2.75) is 44.8 Å². The minimum Gasteiger partial charge on any atom is -0.381 e. The number of fused-ring (bicyclic) bond motifs is 1. The number of rotatable bonds is 5. The number of alkyl halides is 3. The van der Waals surface area contributed by atoms with Crippen LogP contribution in [0.25, 0.3) is 11.3 Å². The van der Waals surface area contributed by atoms with E-state index in [4.69, 9.17) is 8.85 Å². The summed E-state index contributed by atoms with van der Waals surface area (Å²) in [5.74, 6) is 0.146. The van der Waals surface area contributed by atoms with Gasteiger partial charge in [0.05, 0.1) is 5.56 Å². The van der Waals surface area contributed by atoms with Gasteiger partial charge in [-0.15, -0.1) is 10.2 Å². The molecule has 2 aromatic rings. The van der Waals surface area contributed by atoms with E-state index in [-0.39, 0.29) is 23.2 Å². The second-order valence-electron chi connectivity index (χ2n) is 10.2. The fourth-order valence-corrected chi connectivity index (χ4v) is 5.97. The number of hydrogen-bond donors (Lipinski definition) is 0. The van der Waals surface area contributed by atoms with E-state index < -0.39 is 36.3 Å². The van der Waals surface area contributed by atoms with Crippen LogP contribution >= 0.6 is 0 Å². The van der Waals surface area contributed by atoms with Crippen molar-refractivity contribution >= 4 is 5.82 Å². The summed E-state index contributed by atoms with van der Waals surface area (Å²) in [6, 6.07) is 3.80. The van der Waals surface area contributed by atoms with Crippen molar-refractivity contribution < 1.29 is 26.4 Å². The number of ether oxygens (including phenoxy) is 1. The first-order valence-corrected chi connectivity index (χ1v) is 12.2. The summed E-state index contributed by atoms with van der Waals surface area (Å²) in [6.45, 7) is 3.18. The highest BCUT2D eigenvalue weighted by atomic mass is 19.4. The third kappa shape index (κ3) is 5.16. The fraction of sp³-hybridized carbons (Fsp3) is 0.615. The molecule has 0 N–H and O–H groups in total. The van der Waals surface area contributed by atoms with Crippen LogP contribution in [0, 0.1) is 30.5 Å². The Bertz CT molecular complexity index is 1140. The predicted molar refractivity (Wildman–Crippen MR) is 126 cm³/mol. The maximum absolute atomic E-state index is 14.2. The molecule has 5 rings (SSSR count). The Hall–Kier alpha value is -2.26. The van der Waals surface area contributed by atoms with E-state index in [9.17, 15) is 17.6 Å². The van der Waals surface area contributed by atoms with Crippen LogP contribution < -0.4 is 4.90 Å².